The summed E-state index contributed by atoms with van der Waals surface area (Å²) in [7, 11) is -3.84. The van der Waals surface area contributed by atoms with Gasteiger partial charge in [0, 0.05) is 5.69 Å². The van der Waals surface area contributed by atoms with E-state index in [0.717, 1.165) is 0 Å². The fourth-order valence-electron chi connectivity index (χ4n) is 2.27. The Hall–Kier alpha value is -3.18. The van der Waals surface area contributed by atoms with E-state index in [2.05, 4.69) is 10.6 Å². The predicted molar refractivity (Wildman–Crippen MR) is 102 cm³/mol. The van der Waals surface area contributed by atoms with E-state index in [4.69, 9.17) is 14.3 Å². The number of nitrogens with two attached hydrogens (primary N) is 1. The molecule has 4 N–H and O–H groups in total. The van der Waals surface area contributed by atoms with Gasteiger partial charge in [-0.1, -0.05) is 13.8 Å². The van der Waals surface area contributed by atoms with Crippen LogP contribution in [0.15, 0.2) is 52.0 Å². The van der Waals surface area contributed by atoms with Crippen molar-refractivity contribution in [2.45, 2.75) is 24.8 Å². The van der Waals surface area contributed by atoms with E-state index in [-0.39, 0.29) is 16.6 Å². The number of ether oxygens (including phenoxy) is 1. The summed E-state index contributed by atoms with van der Waals surface area (Å²) < 4.78 is 32.4. The topological polar surface area (TPSA) is 158 Å². The highest BCUT2D eigenvalue weighted by Gasteiger charge is 2.27. The third-order valence-corrected chi connectivity index (χ3v) is 4.69. The molecule has 0 radical (unpaired) electrons. The summed E-state index contributed by atoms with van der Waals surface area (Å²) in [5, 5.41) is 9.96. The first-order valence-electron chi connectivity index (χ1n) is 8.51. The van der Waals surface area contributed by atoms with Gasteiger partial charge in [0.25, 0.3) is 11.8 Å². The lowest BCUT2D eigenvalue weighted by Crippen LogP contribution is -2.45. The van der Waals surface area contributed by atoms with Crippen LogP contribution in [0.25, 0.3) is 0 Å². The Morgan fingerprint density at radius 1 is 1.14 bits per heavy atom. The number of esters is 1. The minimum Gasteiger partial charge on any atom is -0.459 e. The SMILES string of the molecule is CC(C)[C@H](NC(=O)c1ccco1)C(=O)OCC(=O)Nc1ccc(S(N)(=O)=O)cc1. The monoisotopic (exact) mass is 423 g/mol. The van der Waals surface area contributed by atoms with E-state index < -0.39 is 40.5 Å². The van der Waals surface area contributed by atoms with Crippen molar-refractivity contribution < 1.29 is 32.0 Å². The molecule has 0 fully saturated rings. The van der Waals surface area contributed by atoms with Gasteiger partial charge in [-0.2, -0.15) is 0 Å². The number of rotatable bonds is 8. The number of amides is 2. The van der Waals surface area contributed by atoms with Crippen LogP contribution in [0.3, 0.4) is 0 Å². The molecule has 11 heteroatoms. The zero-order chi connectivity index (χ0) is 21.6. The lowest BCUT2D eigenvalue weighted by atomic mass is 10.0. The number of hydrogen-bond donors (Lipinski definition) is 3. The van der Waals surface area contributed by atoms with Gasteiger partial charge >= 0.3 is 5.97 Å². The van der Waals surface area contributed by atoms with Crippen LogP contribution in [0.2, 0.25) is 0 Å². The second kappa shape index (κ2) is 9.34. The predicted octanol–water partition coefficient (Wildman–Crippen LogP) is 0.863. The van der Waals surface area contributed by atoms with Crippen molar-refractivity contribution >= 4 is 33.5 Å². The van der Waals surface area contributed by atoms with E-state index in [1.165, 1.54) is 42.7 Å². The van der Waals surface area contributed by atoms with Crippen molar-refractivity contribution in [3.05, 3.63) is 48.4 Å². The molecule has 0 spiro atoms. The zero-order valence-electron chi connectivity index (χ0n) is 15.7. The smallest absolute Gasteiger partial charge is 0.329 e. The lowest BCUT2D eigenvalue weighted by molar-refractivity contribution is -0.150. The second-order valence-electron chi connectivity index (χ2n) is 6.40. The number of primary sulfonamides is 1. The quantitative estimate of drug-likeness (QED) is 0.531. The molecule has 1 aromatic heterocycles. The Balaban J connectivity index is 1.90. The van der Waals surface area contributed by atoms with Crippen molar-refractivity contribution in [1.82, 2.24) is 5.32 Å². The molecule has 2 amide bonds. The Morgan fingerprint density at radius 3 is 2.31 bits per heavy atom. The molecule has 2 aromatic rings. The zero-order valence-corrected chi connectivity index (χ0v) is 16.6. The number of anilines is 1. The van der Waals surface area contributed by atoms with Gasteiger partial charge in [-0.15, -0.1) is 0 Å². The minimum atomic E-state index is -3.84. The molecule has 0 saturated heterocycles. The van der Waals surface area contributed by atoms with E-state index in [9.17, 15) is 22.8 Å². The Kier molecular flexibility index (Phi) is 7.13. The van der Waals surface area contributed by atoms with E-state index in [1.54, 1.807) is 13.8 Å². The Bertz CT molecular complexity index is 967. The number of nitrogens with one attached hydrogen (secondary N) is 2. The lowest BCUT2D eigenvalue weighted by Gasteiger charge is -2.20. The second-order valence-corrected chi connectivity index (χ2v) is 7.96. The molecule has 29 heavy (non-hydrogen) atoms. The minimum absolute atomic E-state index is 0.0455. The standard InChI is InChI=1S/C18H21N3O7S/c1-11(2)16(21-17(23)14-4-3-9-27-14)18(24)28-10-15(22)20-12-5-7-13(8-6-12)29(19,25)26/h3-9,11,16H,10H2,1-2H3,(H,20,22)(H,21,23)(H2,19,25,26)/t16-/m0/s1. The first-order valence-corrected chi connectivity index (χ1v) is 10.1. The summed E-state index contributed by atoms with van der Waals surface area (Å²) >= 11 is 0. The molecule has 1 atom stereocenters. The summed E-state index contributed by atoms with van der Waals surface area (Å²) in [6.07, 6.45) is 1.33. The van der Waals surface area contributed by atoms with Crippen LogP contribution in [-0.4, -0.2) is 38.9 Å². The summed E-state index contributed by atoms with van der Waals surface area (Å²) in [6, 6.07) is 7.17. The number of benzene rings is 1. The van der Waals surface area contributed by atoms with Gasteiger partial charge in [0.15, 0.2) is 12.4 Å². The van der Waals surface area contributed by atoms with Gasteiger partial charge in [0.1, 0.15) is 6.04 Å². The average molecular weight is 423 g/mol. The largest absolute Gasteiger partial charge is 0.459 e. The maximum atomic E-state index is 12.3. The molecule has 0 aliphatic heterocycles. The molecule has 2 rings (SSSR count). The van der Waals surface area contributed by atoms with Crippen LogP contribution >= 0.6 is 0 Å². The number of carbonyl (C=O) groups excluding carboxylic acids is 3. The van der Waals surface area contributed by atoms with Crippen LogP contribution < -0.4 is 15.8 Å². The molecule has 1 heterocycles. The van der Waals surface area contributed by atoms with Gasteiger partial charge in [-0.3, -0.25) is 9.59 Å². The van der Waals surface area contributed by atoms with Gasteiger partial charge in [-0.25, -0.2) is 18.4 Å². The van der Waals surface area contributed by atoms with Crippen LogP contribution in [-0.2, 0) is 24.3 Å². The highest BCUT2D eigenvalue weighted by atomic mass is 32.2. The van der Waals surface area contributed by atoms with Crippen molar-refractivity contribution in [3.8, 4) is 0 Å². The van der Waals surface area contributed by atoms with E-state index in [1.807, 2.05) is 0 Å². The van der Waals surface area contributed by atoms with Crippen LogP contribution in [0.5, 0.6) is 0 Å². The van der Waals surface area contributed by atoms with Gasteiger partial charge in [-0.05, 0) is 42.3 Å². The molecule has 0 bridgehead atoms. The molecule has 0 aliphatic carbocycles. The highest BCUT2D eigenvalue weighted by molar-refractivity contribution is 7.89. The number of sulfonamides is 1. The van der Waals surface area contributed by atoms with E-state index >= 15 is 0 Å². The van der Waals surface area contributed by atoms with Crippen LogP contribution in [0.4, 0.5) is 5.69 Å². The maximum Gasteiger partial charge on any atom is 0.329 e. The fraction of sp³-hybridized carbons (Fsp3) is 0.278. The molecular formula is C18H21N3O7S. The van der Waals surface area contributed by atoms with Crippen molar-refractivity contribution in [3.63, 3.8) is 0 Å². The molecular weight excluding hydrogens is 402 g/mol. The first-order chi connectivity index (χ1) is 13.6. The Morgan fingerprint density at radius 2 is 1.79 bits per heavy atom. The van der Waals surface area contributed by atoms with Crippen LogP contribution in [0, 0.1) is 5.92 Å². The van der Waals surface area contributed by atoms with Crippen molar-refractivity contribution in [1.29, 1.82) is 0 Å². The molecule has 0 unspecified atom stereocenters. The normalized spacial score (nSPS) is 12.3. The van der Waals surface area contributed by atoms with Crippen LogP contribution in [0.1, 0.15) is 24.4 Å². The van der Waals surface area contributed by atoms with E-state index in [0.29, 0.717) is 5.69 Å². The third-order valence-electron chi connectivity index (χ3n) is 3.76. The van der Waals surface area contributed by atoms with Gasteiger partial charge < -0.3 is 19.8 Å². The molecule has 10 nitrogen and oxygen atoms in total. The number of carbonyl (C=O) groups is 3. The molecule has 156 valence electrons. The Labute approximate surface area is 167 Å². The summed E-state index contributed by atoms with van der Waals surface area (Å²) in [5.74, 6) is -2.24. The number of furan rings is 1. The summed E-state index contributed by atoms with van der Waals surface area (Å²) in [6.45, 7) is 2.83. The number of hydrogen-bond acceptors (Lipinski definition) is 7. The molecule has 1 aromatic carbocycles. The molecule has 0 aliphatic rings. The highest BCUT2D eigenvalue weighted by Crippen LogP contribution is 2.13. The summed E-state index contributed by atoms with van der Waals surface area (Å²) in [4.78, 5) is 36.2. The van der Waals surface area contributed by atoms with Gasteiger partial charge in [0.2, 0.25) is 10.0 Å². The van der Waals surface area contributed by atoms with Crippen molar-refractivity contribution in [2.75, 3.05) is 11.9 Å². The third kappa shape index (κ3) is 6.43. The first kappa shape index (κ1) is 22.1. The average Bonchev–Trinajstić information content (AvgIpc) is 3.18. The summed E-state index contributed by atoms with van der Waals surface area (Å²) in [5.41, 5.74) is 0.296. The van der Waals surface area contributed by atoms with Crippen molar-refractivity contribution in [2.24, 2.45) is 11.1 Å². The molecule has 0 saturated carbocycles. The fourth-order valence-corrected chi connectivity index (χ4v) is 2.78. The maximum absolute atomic E-state index is 12.3. The van der Waals surface area contributed by atoms with Gasteiger partial charge in [0.05, 0.1) is 11.2 Å².